The third kappa shape index (κ3) is 6.00. The maximum atomic E-state index is 5.49. The van der Waals surface area contributed by atoms with Gasteiger partial charge >= 0.3 is 0 Å². The second-order valence-electron chi connectivity index (χ2n) is 8.42. The smallest absolute Gasteiger partial charge is 0.0719 e. The minimum absolute atomic E-state index is 0.856. The van der Waals surface area contributed by atoms with Gasteiger partial charge in [-0.25, -0.2) is 4.68 Å². The van der Waals surface area contributed by atoms with Gasteiger partial charge in [0.15, 0.2) is 0 Å². The van der Waals surface area contributed by atoms with Gasteiger partial charge in [0.1, 0.15) is 0 Å². The van der Waals surface area contributed by atoms with Gasteiger partial charge in [0.2, 0.25) is 0 Å². The Balaban J connectivity index is 1.52. The predicted octanol–water partition coefficient (Wildman–Crippen LogP) is 3.61. The highest BCUT2D eigenvalue weighted by molar-refractivity contribution is 5.49. The standard InChI is InChI=1S/C25H33N5O/c1-21-16-22(2)25(30-11-4-8-27-30)24(17-21)20-29(19-23-6-3-7-26-18-23)10-5-9-28-12-14-31-15-13-28/h3-4,6-8,11,16-18H,5,9-10,12-15,19-20H2,1-2H3. The molecule has 3 aromatic rings. The second-order valence-corrected chi connectivity index (χ2v) is 8.42. The van der Waals surface area contributed by atoms with E-state index in [0.29, 0.717) is 0 Å². The number of nitrogens with zero attached hydrogens (tertiary/aromatic N) is 5. The summed E-state index contributed by atoms with van der Waals surface area (Å²) in [5.41, 5.74) is 6.31. The summed E-state index contributed by atoms with van der Waals surface area (Å²) >= 11 is 0. The topological polar surface area (TPSA) is 46.4 Å². The molecule has 6 nitrogen and oxygen atoms in total. The molecule has 3 heterocycles. The van der Waals surface area contributed by atoms with Crippen molar-refractivity contribution in [2.24, 2.45) is 0 Å². The maximum Gasteiger partial charge on any atom is 0.0719 e. The molecule has 1 fully saturated rings. The van der Waals surface area contributed by atoms with Crippen LogP contribution in [0.1, 0.15) is 28.7 Å². The molecule has 0 aliphatic carbocycles. The van der Waals surface area contributed by atoms with Crippen molar-refractivity contribution in [1.82, 2.24) is 24.6 Å². The Bertz CT molecular complexity index is 936. The normalized spacial score (nSPS) is 14.9. The molecule has 164 valence electrons. The van der Waals surface area contributed by atoms with Crippen molar-refractivity contribution < 1.29 is 4.74 Å². The minimum Gasteiger partial charge on any atom is -0.379 e. The fourth-order valence-corrected chi connectivity index (χ4v) is 4.44. The number of benzene rings is 1. The van der Waals surface area contributed by atoms with Gasteiger partial charge in [0.25, 0.3) is 0 Å². The van der Waals surface area contributed by atoms with Crippen molar-refractivity contribution in [3.8, 4) is 5.69 Å². The van der Waals surface area contributed by atoms with E-state index < -0.39 is 0 Å². The van der Waals surface area contributed by atoms with E-state index in [1.54, 1.807) is 0 Å². The first-order valence-electron chi connectivity index (χ1n) is 11.2. The Morgan fingerprint density at radius 3 is 2.68 bits per heavy atom. The largest absolute Gasteiger partial charge is 0.379 e. The molecule has 31 heavy (non-hydrogen) atoms. The molecule has 0 amide bonds. The molecule has 4 rings (SSSR count). The van der Waals surface area contributed by atoms with E-state index in [0.717, 1.165) is 58.9 Å². The predicted molar refractivity (Wildman–Crippen MR) is 123 cm³/mol. The van der Waals surface area contributed by atoms with Crippen molar-refractivity contribution in [2.45, 2.75) is 33.4 Å². The van der Waals surface area contributed by atoms with Gasteiger partial charge in [-0.05, 0) is 55.6 Å². The number of ether oxygens (including phenoxy) is 1. The first kappa shape index (κ1) is 21.7. The highest BCUT2D eigenvalue weighted by Gasteiger charge is 2.16. The van der Waals surface area contributed by atoms with Crippen LogP contribution in [0.3, 0.4) is 0 Å². The van der Waals surface area contributed by atoms with Gasteiger partial charge in [-0.1, -0.05) is 23.8 Å². The Morgan fingerprint density at radius 1 is 1.06 bits per heavy atom. The molecule has 0 atom stereocenters. The average Bonchev–Trinajstić information content (AvgIpc) is 3.29. The molecule has 0 radical (unpaired) electrons. The van der Waals surface area contributed by atoms with E-state index in [2.05, 4.69) is 51.9 Å². The van der Waals surface area contributed by atoms with Crippen molar-refractivity contribution in [2.75, 3.05) is 39.4 Å². The quantitative estimate of drug-likeness (QED) is 0.530. The van der Waals surface area contributed by atoms with Gasteiger partial charge in [-0.3, -0.25) is 14.8 Å². The lowest BCUT2D eigenvalue weighted by Crippen LogP contribution is -2.38. The molecule has 2 aromatic heterocycles. The molecular formula is C25H33N5O. The lowest BCUT2D eigenvalue weighted by atomic mass is 10.0. The van der Waals surface area contributed by atoms with Crippen LogP contribution in [-0.2, 0) is 17.8 Å². The fraction of sp³-hybridized carbons (Fsp3) is 0.440. The lowest BCUT2D eigenvalue weighted by molar-refractivity contribution is 0.0359. The molecular weight excluding hydrogens is 386 g/mol. The molecule has 0 spiro atoms. The zero-order chi connectivity index (χ0) is 21.5. The number of hydrogen-bond acceptors (Lipinski definition) is 5. The average molecular weight is 420 g/mol. The highest BCUT2D eigenvalue weighted by Crippen LogP contribution is 2.23. The fourth-order valence-electron chi connectivity index (χ4n) is 4.44. The van der Waals surface area contributed by atoms with Crippen LogP contribution in [0.25, 0.3) is 5.69 Å². The number of hydrogen-bond donors (Lipinski definition) is 0. The third-order valence-electron chi connectivity index (χ3n) is 5.83. The monoisotopic (exact) mass is 419 g/mol. The van der Waals surface area contributed by atoms with E-state index >= 15 is 0 Å². The summed E-state index contributed by atoms with van der Waals surface area (Å²) in [5.74, 6) is 0. The van der Waals surface area contributed by atoms with Gasteiger partial charge in [0, 0.05) is 57.5 Å². The summed E-state index contributed by atoms with van der Waals surface area (Å²) in [7, 11) is 0. The summed E-state index contributed by atoms with van der Waals surface area (Å²) < 4.78 is 7.49. The first-order chi connectivity index (χ1) is 15.2. The van der Waals surface area contributed by atoms with E-state index in [1.807, 2.05) is 41.6 Å². The first-order valence-corrected chi connectivity index (χ1v) is 11.2. The Labute approximate surface area is 185 Å². The Hall–Kier alpha value is -2.54. The summed E-state index contributed by atoms with van der Waals surface area (Å²) in [6.07, 6.45) is 8.84. The maximum absolute atomic E-state index is 5.49. The van der Waals surface area contributed by atoms with E-state index in [1.165, 1.54) is 27.9 Å². The number of morpholine rings is 1. The third-order valence-corrected chi connectivity index (χ3v) is 5.83. The number of rotatable bonds is 9. The summed E-state index contributed by atoms with van der Waals surface area (Å²) in [5, 5.41) is 4.52. The number of pyridine rings is 1. The van der Waals surface area contributed by atoms with Gasteiger partial charge in [-0.2, -0.15) is 5.10 Å². The summed E-state index contributed by atoms with van der Waals surface area (Å²) in [6, 6.07) is 10.7. The van der Waals surface area contributed by atoms with Gasteiger partial charge < -0.3 is 4.74 Å². The van der Waals surface area contributed by atoms with Crippen LogP contribution >= 0.6 is 0 Å². The molecule has 1 aliphatic heterocycles. The van der Waals surface area contributed by atoms with Gasteiger partial charge in [-0.15, -0.1) is 0 Å². The lowest BCUT2D eigenvalue weighted by Gasteiger charge is -2.29. The van der Waals surface area contributed by atoms with Crippen molar-refractivity contribution in [3.05, 3.63) is 77.4 Å². The zero-order valence-corrected chi connectivity index (χ0v) is 18.7. The minimum atomic E-state index is 0.856. The Kier molecular flexibility index (Phi) is 7.46. The molecule has 1 aliphatic rings. The molecule has 1 saturated heterocycles. The summed E-state index contributed by atoms with van der Waals surface area (Å²) in [6.45, 7) is 12.1. The van der Waals surface area contributed by atoms with Crippen LogP contribution in [0.15, 0.2) is 55.1 Å². The van der Waals surface area contributed by atoms with Crippen molar-refractivity contribution >= 4 is 0 Å². The van der Waals surface area contributed by atoms with Crippen LogP contribution in [0.2, 0.25) is 0 Å². The van der Waals surface area contributed by atoms with Gasteiger partial charge in [0.05, 0.1) is 18.9 Å². The van der Waals surface area contributed by atoms with E-state index in [9.17, 15) is 0 Å². The summed E-state index contributed by atoms with van der Waals surface area (Å²) in [4.78, 5) is 9.37. The number of aromatic nitrogens is 3. The molecule has 0 unspecified atom stereocenters. The van der Waals surface area contributed by atoms with E-state index in [4.69, 9.17) is 4.74 Å². The number of aryl methyl sites for hydroxylation is 2. The van der Waals surface area contributed by atoms with Crippen molar-refractivity contribution in [1.29, 1.82) is 0 Å². The van der Waals surface area contributed by atoms with Crippen LogP contribution in [0, 0.1) is 13.8 Å². The van der Waals surface area contributed by atoms with Crippen LogP contribution < -0.4 is 0 Å². The molecule has 0 bridgehead atoms. The Morgan fingerprint density at radius 2 is 1.94 bits per heavy atom. The van der Waals surface area contributed by atoms with Crippen LogP contribution in [0.4, 0.5) is 0 Å². The molecule has 6 heteroatoms. The SMILES string of the molecule is Cc1cc(C)c(-n2cccn2)c(CN(CCCN2CCOCC2)Cc2cccnc2)c1. The van der Waals surface area contributed by atoms with Crippen molar-refractivity contribution in [3.63, 3.8) is 0 Å². The highest BCUT2D eigenvalue weighted by atomic mass is 16.5. The van der Waals surface area contributed by atoms with Crippen LogP contribution in [0.5, 0.6) is 0 Å². The molecule has 0 N–H and O–H groups in total. The molecule has 0 saturated carbocycles. The molecule has 1 aromatic carbocycles. The second kappa shape index (κ2) is 10.7. The zero-order valence-electron chi connectivity index (χ0n) is 18.7. The van der Waals surface area contributed by atoms with Crippen LogP contribution in [-0.4, -0.2) is 64.0 Å². The van der Waals surface area contributed by atoms with E-state index in [-0.39, 0.29) is 0 Å².